The van der Waals surface area contributed by atoms with E-state index in [9.17, 15) is 0 Å². The number of nitrogens with zero attached hydrogens (tertiary/aromatic N) is 2. The highest BCUT2D eigenvalue weighted by Gasteiger charge is 2.21. The first-order chi connectivity index (χ1) is 9.08. The normalized spacial score (nSPS) is 19.7. The SMILES string of the molecule is Cc1cnc(N(CC2CCCCN2)C(C)C)c(Br)c1. The van der Waals surface area contributed by atoms with Gasteiger partial charge in [0, 0.05) is 24.8 Å². The molecule has 1 aromatic rings. The Morgan fingerprint density at radius 3 is 2.84 bits per heavy atom. The van der Waals surface area contributed by atoms with E-state index in [-0.39, 0.29) is 0 Å². The smallest absolute Gasteiger partial charge is 0.143 e. The van der Waals surface area contributed by atoms with E-state index in [2.05, 4.69) is 58.0 Å². The van der Waals surface area contributed by atoms with Crippen molar-refractivity contribution in [1.82, 2.24) is 10.3 Å². The van der Waals surface area contributed by atoms with Crippen LogP contribution in [0.2, 0.25) is 0 Å². The molecule has 0 aliphatic carbocycles. The van der Waals surface area contributed by atoms with E-state index in [1.807, 2.05) is 6.20 Å². The predicted octanol–water partition coefficient (Wildman–Crippen LogP) is 3.51. The van der Waals surface area contributed by atoms with Crippen molar-refractivity contribution in [1.29, 1.82) is 0 Å². The van der Waals surface area contributed by atoms with E-state index < -0.39 is 0 Å². The van der Waals surface area contributed by atoms with Crippen LogP contribution in [0.4, 0.5) is 5.82 Å². The largest absolute Gasteiger partial charge is 0.352 e. The summed E-state index contributed by atoms with van der Waals surface area (Å²) >= 11 is 3.66. The monoisotopic (exact) mass is 325 g/mol. The van der Waals surface area contributed by atoms with Crippen molar-refractivity contribution in [3.05, 3.63) is 22.3 Å². The molecule has 3 nitrogen and oxygen atoms in total. The molecule has 106 valence electrons. The minimum absolute atomic E-state index is 0.454. The topological polar surface area (TPSA) is 28.2 Å². The second kappa shape index (κ2) is 6.71. The van der Waals surface area contributed by atoms with Gasteiger partial charge in [0.25, 0.3) is 0 Å². The van der Waals surface area contributed by atoms with E-state index in [1.165, 1.54) is 24.8 Å². The summed E-state index contributed by atoms with van der Waals surface area (Å²) in [5.74, 6) is 1.06. The molecule has 4 heteroatoms. The Morgan fingerprint density at radius 1 is 1.47 bits per heavy atom. The molecular weight excluding hydrogens is 302 g/mol. The number of pyridine rings is 1. The average molecular weight is 326 g/mol. The number of halogens is 1. The third kappa shape index (κ3) is 3.93. The molecule has 2 rings (SSSR count). The van der Waals surface area contributed by atoms with Crippen molar-refractivity contribution >= 4 is 21.7 Å². The summed E-state index contributed by atoms with van der Waals surface area (Å²) in [4.78, 5) is 7.01. The molecule has 1 aliphatic rings. The number of hydrogen-bond acceptors (Lipinski definition) is 3. The number of nitrogens with one attached hydrogen (secondary N) is 1. The van der Waals surface area contributed by atoms with Gasteiger partial charge in [-0.1, -0.05) is 6.42 Å². The Hall–Kier alpha value is -0.610. The third-order valence-corrected chi connectivity index (χ3v) is 4.27. The maximum Gasteiger partial charge on any atom is 0.143 e. The molecule has 0 aromatic carbocycles. The molecule has 1 atom stereocenters. The fourth-order valence-electron chi connectivity index (χ4n) is 2.60. The number of aromatic nitrogens is 1. The van der Waals surface area contributed by atoms with Gasteiger partial charge in [0.15, 0.2) is 0 Å². The van der Waals surface area contributed by atoms with E-state index in [4.69, 9.17) is 0 Å². The van der Waals surface area contributed by atoms with Crippen LogP contribution in [0.25, 0.3) is 0 Å². The van der Waals surface area contributed by atoms with Crippen molar-refractivity contribution in [2.45, 2.75) is 52.1 Å². The predicted molar refractivity (Wildman–Crippen MR) is 84.8 cm³/mol. The van der Waals surface area contributed by atoms with Crippen molar-refractivity contribution in [2.24, 2.45) is 0 Å². The summed E-state index contributed by atoms with van der Waals surface area (Å²) in [5.41, 5.74) is 1.19. The first kappa shape index (κ1) is 14.8. The molecular formula is C15H24BrN3. The Labute approximate surface area is 124 Å². The van der Waals surface area contributed by atoms with E-state index in [1.54, 1.807) is 0 Å². The van der Waals surface area contributed by atoms with Gasteiger partial charge in [-0.3, -0.25) is 0 Å². The maximum absolute atomic E-state index is 4.62. The van der Waals surface area contributed by atoms with Gasteiger partial charge < -0.3 is 10.2 Å². The van der Waals surface area contributed by atoms with Crippen LogP contribution in [-0.2, 0) is 0 Å². The molecule has 0 bridgehead atoms. The zero-order chi connectivity index (χ0) is 13.8. The minimum Gasteiger partial charge on any atom is -0.352 e. The minimum atomic E-state index is 0.454. The highest BCUT2D eigenvalue weighted by molar-refractivity contribution is 9.10. The van der Waals surface area contributed by atoms with Crippen molar-refractivity contribution < 1.29 is 0 Å². The van der Waals surface area contributed by atoms with E-state index >= 15 is 0 Å². The highest BCUT2D eigenvalue weighted by atomic mass is 79.9. The van der Waals surface area contributed by atoms with Gasteiger partial charge in [-0.05, 0) is 67.7 Å². The molecule has 0 amide bonds. The van der Waals surface area contributed by atoms with Crippen LogP contribution in [0.1, 0.15) is 38.7 Å². The lowest BCUT2D eigenvalue weighted by Gasteiger charge is -2.34. The molecule has 2 heterocycles. The zero-order valence-corrected chi connectivity index (χ0v) is 13.7. The fraction of sp³-hybridized carbons (Fsp3) is 0.667. The van der Waals surface area contributed by atoms with Gasteiger partial charge in [0.1, 0.15) is 5.82 Å². The molecule has 1 unspecified atom stereocenters. The summed E-state index contributed by atoms with van der Waals surface area (Å²) in [7, 11) is 0. The lowest BCUT2D eigenvalue weighted by atomic mass is 10.0. The van der Waals surface area contributed by atoms with E-state index in [0.717, 1.165) is 23.4 Å². The molecule has 1 N–H and O–H groups in total. The summed E-state index contributed by atoms with van der Waals surface area (Å²) < 4.78 is 1.09. The molecule has 0 radical (unpaired) electrons. The van der Waals surface area contributed by atoms with Crippen LogP contribution in [0.15, 0.2) is 16.7 Å². The van der Waals surface area contributed by atoms with E-state index in [0.29, 0.717) is 12.1 Å². The number of hydrogen-bond donors (Lipinski definition) is 1. The first-order valence-corrected chi connectivity index (χ1v) is 7.99. The Kier molecular flexibility index (Phi) is 5.22. The Balaban J connectivity index is 2.14. The second-order valence-electron chi connectivity index (χ2n) is 5.71. The molecule has 1 aliphatic heterocycles. The summed E-state index contributed by atoms with van der Waals surface area (Å²) in [5, 5.41) is 3.62. The van der Waals surface area contributed by atoms with Crippen LogP contribution in [-0.4, -0.2) is 30.2 Å². The zero-order valence-electron chi connectivity index (χ0n) is 12.1. The highest BCUT2D eigenvalue weighted by Crippen LogP contribution is 2.26. The van der Waals surface area contributed by atoms with Crippen LogP contribution in [0.3, 0.4) is 0 Å². The molecule has 0 saturated carbocycles. The van der Waals surface area contributed by atoms with Crippen LogP contribution < -0.4 is 10.2 Å². The standard InChI is InChI=1S/C15H24BrN3/c1-11(2)19(10-13-6-4-5-7-17-13)15-14(16)8-12(3)9-18-15/h8-9,11,13,17H,4-7,10H2,1-3H3. The lowest BCUT2D eigenvalue weighted by Crippen LogP contribution is -2.46. The van der Waals surface area contributed by atoms with Gasteiger partial charge in [-0.2, -0.15) is 0 Å². The number of anilines is 1. The third-order valence-electron chi connectivity index (χ3n) is 3.68. The first-order valence-electron chi connectivity index (χ1n) is 7.20. The van der Waals surface area contributed by atoms with Crippen LogP contribution in [0, 0.1) is 6.92 Å². The molecule has 19 heavy (non-hydrogen) atoms. The fourth-order valence-corrected chi connectivity index (χ4v) is 3.29. The second-order valence-corrected chi connectivity index (χ2v) is 6.57. The van der Waals surface area contributed by atoms with Gasteiger partial charge in [0.05, 0.1) is 4.47 Å². The number of piperidine rings is 1. The molecule has 1 aromatic heterocycles. The molecule has 0 spiro atoms. The van der Waals surface area contributed by atoms with Crippen LogP contribution >= 0.6 is 15.9 Å². The van der Waals surface area contributed by atoms with Gasteiger partial charge in [-0.25, -0.2) is 4.98 Å². The summed E-state index contributed by atoms with van der Waals surface area (Å²) in [6.07, 6.45) is 5.87. The summed E-state index contributed by atoms with van der Waals surface area (Å²) in [6, 6.07) is 3.19. The summed E-state index contributed by atoms with van der Waals surface area (Å²) in [6.45, 7) is 8.73. The lowest BCUT2D eigenvalue weighted by molar-refractivity contribution is 0.392. The quantitative estimate of drug-likeness (QED) is 0.918. The number of rotatable bonds is 4. The van der Waals surface area contributed by atoms with Crippen molar-refractivity contribution in [2.75, 3.05) is 18.0 Å². The van der Waals surface area contributed by atoms with Crippen LogP contribution in [0.5, 0.6) is 0 Å². The maximum atomic E-state index is 4.62. The molecule has 1 fully saturated rings. The van der Waals surface area contributed by atoms with Gasteiger partial charge in [0.2, 0.25) is 0 Å². The van der Waals surface area contributed by atoms with Gasteiger partial charge in [-0.15, -0.1) is 0 Å². The Morgan fingerprint density at radius 2 is 2.26 bits per heavy atom. The number of aryl methyl sites for hydroxylation is 1. The van der Waals surface area contributed by atoms with Crippen molar-refractivity contribution in [3.63, 3.8) is 0 Å². The average Bonchev–Trinajstić information content (AvgIpc) is 2.38. The Bertz CT molecular complexity index is 414. The molecule has 1 saturated heterocycles. The van der Waals surface area contributed by atoms with Crippen molar-refractivity contribution in [3.8, 4) is 0 Å². The van der Waals surface area contributed by atoms with Gasteiger partial charge >= 0.3 is 0 Å².